The van der Waals surface area contributed by atoms with E-state index in [9.17, 15) is 10.1 Å². The highest BCUT2D eigenvalue weighted by Gasteiger charge is 2.22. The van der Waals surface area contributed by atoms with E-state index in [0.717, 1.165) is 0 Å². The fourth-order valence-corrected chi connectivity index (χ4v) is 3.51. The molecule has 4 aromatic rings. The van der Waals surface area contributed by atoms with E-state index in [1.165, 1.54) is 10.8 Å². The number of hydrogen-bond acceptors (Lipinski definition) is 10. The third kappa shape index (κ3) is 3.59. The molecule has 1 unspecified atom stereocenters. The second-order valence-electron chi connectivity index (χ2n) is 6.85. The van der Waals surface area contributed by atoms with Crippen molar-refractivity contribution in [3.05, 3.63) is 63.3 Å². The molecule has 0 aliphatic heterocycles. The number of halogens is 1. The summed E-state index contributed by atoms with van der Waals surface area (Å²) in [7, 11) is 0. The third-order valence-electron chi connectivity index (χ3n) is 4.71. The molecule has 7 N–H and O–H groups in total. The van der Waals surface area contributed by atoms with E-state index in [2.05, 4.69) is 25.3 Å². The van der Waals surface area contributed by atoms with Crippen LogP contribution in [0.2, 0.25) is 5.02 Å². The lowest BCUT2D eigenvalue weighted by atomic mass is 10.2. The smallest absolute Gasteiger partial charge is 0.267 e. The number of fused-ring (bicyclic) bond motifs is 1. The zero-order valence-electron chi connectivity index (χ0n) is 16.7. The summed E-state index contributed by atoms with van der Waals surface area (Å²) in [6, 6.07) is 9.55. The first kappa shape index (κ1) is 20.8. The van der Waals surface area contributed by atoms with Gasteiger partial charge in [-0.25, -0.2) is 9.97 Å². The number of anilines is 4. The van der Waals surface area contributed by atoms with Gasteiger partial charge in [-0.3, -0.25) is 9.36 Å². The van der Waals surface area contributed by atoms with Crippen molar-refractivity contribution in [2.75, 3.05) is 22.5 Å². The number of nitriles is 1. The maximum absolute atomic E-state index is 13.5. The lowest BCUT2D eigenvalue weighted by Crippen LogP contribution is -2.28. The summed E-state index contributed by atoms with van der Waals surface area (Å²) in [5, 5.41) is 13.0. The molecule has 4 rings (SSSR count). The predicted octanol–water partition coefficient (Wildman–Crippen LogP) is 2.02. The number of rotatable bonds is 4. The normalized spacial score (nSPS) is 11.8. The number of nitrogens with one attached hydrogen (secondary N) is 1. The average Bonchev–Trinajstić information content (AvgIpc) is 2.74. The van der Waals surface area contributed by atoms with Crippen molar-refractivity contribution in [1.29, 1.82) is 5.26 Å². The monoisotopic (exact) mass is 448 g/mol. The first-order chi connectivity index (χ1) is 15.3. The molecule has 0 fully saturated rings. The Bertz CT molecular complexity index is 1440. The molecular weight excluding hydrogens is 432 g/mol. The summed E-state index contributed by atoms with van der Waals surface area (Å²) in [6.07, 6.45) is 1.46. The van der Waals surface area contributed by atoms with Crippen LogP contribution in [0.5, 0.6) is 0 Å². The maximum atomic E-state index is 13.5. The number of benzene rings is 1. The summed E-state index contributed by atoms with van der Waals surface area (Å²) >= 11 is 6.30. The van der Waals surface area contributed by atoms with Crippen LogP contribution in [-0.4, -0.2) is 24.5 Å². The Morgan fingerprint density at radius 3 is 2.62 bits per heavy atom. The average molecular weight is 449 g/mol. The van der Waals surface area contributed by atoms with Crippen molar-refractivity contribution in [3.63, 3.8) is 0 Å². The number of aromatic nitrogens is 5. The second-order valence-corrected chi connectivity index (χ2v) is 7.26. The quantitative estimate of drug-likeness (QED) is 0.359. The Balaban J connectivity index is 1.94. The van der Waals surface area contributed by atoms with Gasteiger partial charge in [0, 0.05) is 0 Å². The Kier molecular flexibility index (Phi) is 5.21. The second kappa shape index (κ2) is 8.01. The van der Waals surface area contributed by atoms with Gasteiger partial charge >= 0.3 is 0 Å². The molecule has 11 nitrogen and oxygen atoms in total. The van der Waals surface area contributed by atoms with Crippen molar-refractivity contribution < 1.29 is 0 Å². The molecule has 3 aromatic heterocycles. The molecule has 0 aliphatic carbocycles. The minimum Gasteiger partial charge on any atom is -0.384 e. The first-order valence-corrected chi connectivity index (χ1v) is 9.70. The van der Waals surface area contributed by atoms with Crippen molar-refractivity contribution in [1.82, 2.24) is 24.5 Å². The Hall–Kier alpha value is -4.43. The maximum Gasteiger partial charge on any atom is 0.267 e. The summed E-state index contributed by atoms with van der Waals surface area (Å²) in [5.74, 6) is 0.568. The summed E-state index contributed by atoms with van der Waals surface area (Å²) in [4.78, 5) is 30.1. The predicted molar refractivity (Wildman–Crippen MR) is 122 cm³/mol. The van der Waals surface area contributed by atoms with Crippen LogP contribution in [0.3, 0.4) is 0 Å². The molecule has 0 spiro atoms. The van der Waals surface area contributed by atoms with Gasteiger partial charge in [0.2, 0.25) is 5.95 Å². The van der Waals surface area contributed by atoms with Crippen LogP contribution in [0, 0.1) is 11.3 Å². The molecule has 0 saturated heterocycles. The molecule has 0 amide bonds. The SMILES string of the molecule is CC(Nc1nc(N)nc(N)c1C#N)c1nc2cccc(Cl)c2c(=O)n1-c1ccc(N)nc1. The van der Waals surface area contributed by atoms with Gasteiger partial charge in [0.25, 0.3) is 5.56 Å². The molecule has 1 aromatic carbocycles. The minimum atomic E-state index is -0.621. The Morgan fingerprint density at radius 1 is 1.16 bits per heavy atom. The van der Waals surface area contributed by atoms with Gasteiger partial charge in [0.15, 0.2) is 5.82 Å². The molecule has 160 valence electrons. The highest BCUT2D eigenvalue weighted by Crippen LogP contribution is 2.26. The van der Waals surface area contributed by atoms with Gasteiger partial charge in [-0.15, -0.1) is 0 Å². The molecule has 0 aliphatic rings. The van der Waals surface area contributed by atoms with Gasteiger partial charge in [-0.05, 0) is 31.2 Å². The van der Waals surface area contributed by atoms with Crippen LogP contribution in [0.15, 0.2) is 41.3 Å². The number of nitrogens with two attached hydrogens (primary N) is 3. The number of nitrogens with zero attached hydrogens (tertiary/aromatic N) is 6. The van der Waals surface area contributed by atoms with E-state index in [1.807, 2.05) is 6.07 Å². The fourth-order valence-electron chi connectivity index (χ4n) is 3.26. The Labute approximate surface area is 186 Å². The molecule has 12 heteroatoms. The number of hydrogen-bond donors (Lipinski definition) is 4. The minimum absolute atomic E-state index is 0.0259. The number of pyridine rings is 1. The molecule has 32 heavy (non-hydrogen) atoms. The van der Waals surface area contributed by atoms with Gasteiger partial charge in [-0.1, -0.05) is 17.7 Å². The zero-order chi connectivity index (χ0) is 23.0. The van der Waals surface area contributed by atoms with Crippen molar-refractivity contribution >= 4 is 45.9 Å². The standard InChI is InChI=1S/C20H17ClN10O/c1-9(27-17-11(7-22)16(24)29-20(25)30-17)18-28-13-4-2-3-12(21)15(13)19(32)31(18)10-5-6-14(23)26-8-10/h2-6,8-9H,1H3,(H2,23,26)(H5,24,25,27,29,30). The van der Waals surface area contributed by atoms with Crippen LogP contribution in [0.1, 0.15) is 24.4 Å². The largest absolute Gasteiger partial charge is 0.384 e. The van der Waals surface area contributed by atoms with Gasteiger partial charge in [0.1, 0.15) is 29.1 Å². The molecule has 0 saturated carbocycles. The van der Waals surface area contributed by atoms with Crippen molar-refractivity contribution in [2.24, 2.45) is 0 Å². The van der Waals surface area contributed by atoms with Crippen LogP contribution in [-0.2, 0) is 0 Å². The highest BCUT2D eigenvalue weighted by molar-refractivity contribution is 6.35. The summed E-state index contributed by atoms with van der Waals surface area (Å²) in [6.45, 7) is 1.75. The molecular formula is C20H17ClN10O. The van der Waals surface area contributed by atoms with E-state index in [-0.39, 0.29) is 33.6 Å². The van der Waals surface area contributed by atoms with Gasteiger partial charge < -0.3 is 22.5 Å². The fraction of sp³-hybridized carbons (Fsp3) is 0.100. The van der Waals surface area contributed by atoms with E-state index in [0.29, 0.717) is 22.8 Å². The van der Waals surface area contributed by atoms with E-state index in [1.54, 1.807) is 37.3 Å². The topological polar surface area (TPSA) is 187 Å². The third-order valence-corrected chi connectivity index (χ3v) is 5.02. The van der Waals surface area contributed by atoms with Crippen LogP contribution in [0.25, 0.3) is 16.6 Å². The highest BCUT2D eigenvalue weighted by atomic mass is 35.5. The van der Waals surface area contributed by atoms with E-state index >= 15 is 0 Å². The molecule has 0 radical (unpaired) electrons. The number of nitrogen functional groups attached to an aromatic ring is 3. The lowest BCUT2D eigenvalue weighted by Gasteiger charge is -2.21. The van der Waals surface area contributed by atoms with Crippen molar-refractivity contribution in [2.45, 2.75) is 13.0 Å². The van der Waals surface area contributed by atoms with E-state index in [4.69, 9.17) is 28.8 Å². The first-order valence-electron chi connectivity index (χ1n) is 9.33. The summed E-state index contributed by atoms with van der Waals surface area (Å²) < 4.78 is 1.37. The summed E-state index contributed by atoms with van der Waals surface area (Å²) in [5.41, 5.74) is 17.7. The zero-order valence-corrected chi connectivity index (χ0v) is 17.5. The van der Waals surface area contributed by atoms with Crippen molar-refractivity contribution in [3.8, 4) is 11.8 Å². The Morgan fingerprint density at radius 2 is 1.94 bits per heavy atom. The molecule has 3 heterocycles. The molecule has 0 bridgehead atoms. The lowest BCUT2D eigenvalue weighted by molar-refractivity contribution is 0.729. The molecule has 1 atom stereocenters. The van der Waals surface area contributed by atoms with Crippen LogP contribution >= 0.6 is 11.6 Å². The van der Waals surface area contributed by atoms with Crippen LogP contribution < -0.4 is 28.1 Å². The van der Waals surface area contributed by atoms with Gasteiger partial charge in [0.05, 0.1) is 33.9 Å². The van der Waals surface area contributed by atoms with Crippen LogP contribution in [0.4, 0.5) is 23.4 Å². The van der Waals surface area contributed by atoms with E-state index < -0.39 is 11.6 Å². The van der Waals surface area contributed by atoms with Gasteiger partial charge in [-0.2, -0.15) is 15.2 Å².